The maximum absolute atomic E-state index is 13.2. The fourth-order valence-electron chi connectivity index (χ4n) is 1.90. The first-order valence-electron chi connectivity index (χ1n) is 5.98. The van der Waals surface area contributed by atoms with Gasteiger partial charge in [-0.05, 0) is 48.4 Å². The van der Waals surface area contributed by atoms with Gasteiger partial charge in [-0.15, -0.1) is 0 Å². The van der Waals surface area contributed by atoms with Crippen LogP contribution in [-0.2, 0) is 0 Å². The molecule has 0 radical (unpaired) electrons. The van der Waals surface area contributed by atoms with Crippen molar-refractivity contribution in [3.05, 3.63) is 70.0 Å². The van der Waals surface area contributed by atoms with E-state index in [0.29, 0.717) is 21.7 Å². The van der Waals surface area contributed by atoms with Gasteiger partial charge < -0.3 is 0 Å². The Morgan fingerprint density at radius 2 is 1.90 bits per heavy atom. The number of halogens is 2. The second-order valence-corrected chi connectivity index (χ2v) is 4.88. The van der Waals surface area contributed by atoms with E-state index >= 15 is 0 Å². The molecule has 1 unspecified atom stereocenters. The topological polar surface area (TPSA) is 40.9 Å². The zero-order chi connectivity index (χ0) is 14.7. The van der Waals surface area contributed by atoms with Gasteiger partial charge in [0.15, 0.2) is 5.78 Å². The van der Waals surface area contributed by atoms with Gasteiger partial charge >= 0.3 is 0 Å². The van der Waals surface area contributed by atoms with Crippen LogP contribution in [0.15, 0.2) is 42.5 Å². The molecule has 0 amide bonds. The predicted octanol–water partition coefficient (Wildman–Crippen LogP) is 4.28. The molecule has 0 aliphatic carbocycles. The monoisotopic (exact) mass is 287 g/mol. The van der Waals surface area contributed by atoms with Crippen LogP contribution >= 0.6 is 11.6 Å². The lowest BCUT2D eigenvalue weighted by Gasteiger charge is -2.09. The zero-order valence-electron chi connectivity index (χ0n) is 10.7. The first-order chi connectivity index (χ1) is 9.52. The van der Waals surface area contributed by atoms with Crippen LogP contribution < -0.4 is 0 Å². The van der Waals surface area contributed by atoms with Crippen molar-refractivity contribution < 1.29 is 9.18 Å². The number of hydrogen-bond donors (Lipinski definition) is 0. The largest absolute Gasteiger partial charge is 0.292 e. The maximum atomic E-state index is 13.2. The number of hydrogen-bond acceptors (Lipinski definition) is 2. The molecule has 0 N–H and O–H groups in total. The highest BCUT2D eigenvalue weighted by Gasteiger charge is 2.22. The fraction of sp³-hybridized carbons (Fsp3) is 0.125. The summed E-state index contributed by atoms with van der Waals surface area (Å²) in [5.41, 5.74) is 1.28. The maximum Gasteiger partial charge on any atom is 0.184 e. The van der Waals surface area contributed by atoms with E-state index in [1.54, 1.807) is 31.2 Å². The van der Waals surface area contributed by atoms with Gasteiger partial charge in [-0.1, -0.05) is 23.7 Å². The molecule has 100 valence electrons. The van der Waals surface area contributed by atoms with E-state index in [2.05, 4.69) is 0 Å². The van der Waals surface area contributed by atoms with Crippen LogP contribution in [0.2, 0.25) is 5.02 Å². The third kappa shape index (κ3) is 2.87. The van der Waals surface area contributed by atoms with Gasteiger partial charge in [-0.3, -0.25) is 4.79 Å². The number of Topliss-reactive ketones (excluding diaryl/α,β-unsaturated/α-hetero) is 1. The number of benzene rings is 2. The summed E-state index contributed by atoms with van der Waals surface area (Å²) in [6, 6.07) is 12.6. The van der Waals surface area contributed by atoms with Gasteiger partial charge in [0.1, 0.15) is 11.7 Å². The van der Waals surface area contributed by atoms with Crippen molar-refractivity contribution in [2.45, 2.75) is 12.8 Å². The van der Waals surface area contributed by atoms with Crippen molar-refractivity contribution >= 4 is 17.4 Å². The molecule has 2 nitrogen and oxygen atoms in total. The van der Waals surface area contributed by atoms with Crippen LogP contribution in [0.5, 0.6) is 0 Å². The Morgan fingerprint density at radius 3 is 2.45 bits per heavy atom. The Bertz CT molecular complexity index is 689. The zero-order valence-corrected chi connectivity index (χ0v) is 11.5. The van der Waals surface area contributed by atoms with E-state index in [4.69, 9.17) is 11.6 Å². The molecule has 2 aromatic rings. The van der Waals surface area contributed by atoms with Gasteiger partial charge in [0, 0.05) is 10.6 Å². The molecule has 0 bridgehead atoms. The quantitative estimate of drug-likeness (QED) is 0.791. The standard InChI is InChI=1S/C16H11ClFNO/c1-10-8-12(4-7-15(10)18)16(20)14(9-19)11-2-5-13(17)6-3-11/h2-8,14H,1H3. The number of aryl methyl sites for hydroxylation is 1. The molecule has 2 rings (SSSR count). The van der Waals surface area contributed by atoms with Crippen LogP contribution in [0.25, 0.3) is 0 Å². The average molecular weight is 288 g/mol. The minimum absolute atomic E-state index is 0.324. The second-order valence-electron chi connectivity index (χ2n) is 4.44. The molecule has 1 atom stereocenters. The first kappa shape index (κ1) is 14.2. The lowest BCUT2D eigenvalue weighted by molar-refractivity contribution is 0.0978. The molecule has 0 spiro atoms. The summed E-state index contributed by atoms with van der Waals surface area (Å²) in [5.74, 6) is -1.64. The van der Waals surface area contributed by atoms with Crippen LogP contribution in [0.1, 0.15) is 27.4 Å². The molecule has 0 aliphatic rings. The summed E-state index contributed by atoms with van der Waals surface area (Å²) >= 11 is 5.78. The number of rotatable bonds is 3. The summed E-state index contributed by atoms with van der Waals surface area (Å²) in [7, 11) is 0. The van der Waals surface area contributed by atoms with Crippen LogP contribution in [0, 0.1) is 24.1 Å². The Hall–Kier alpha value is -2.18. The average Bonchev–Trinajstić information content (AvgIpc) is 2.44. The summed E-state index contributed by atoms with van der Waals surface area (Å²) in [5, 5.41) is 9.76. The Morgan fingerprint density at radius 1 is 1.25 bits per heavy atom. The third-order valence-electron chi connectivity index (χ3n) is 3.04. The number of carbonyl (C=O) groups excluding carboxylic acids is 1. The lowest BCUT2D eigenvalue weighted by Crippen LogP contribution is -2.11. The predicted molar refractivity (Wildman–Crippen MR) is 75.3 cm³/mol. The van der Waals surface area contributed by atoms with E-state index in [-0.39, 0.29) is 11.6 Å². The number of nitriles is 1. The Balaban J connectivity index is 2.36. The van der Waals surface area contributed by atoms with Crippen LogP contribution in [-0.4, -0.2) is 5.78 Å². The van der Waals surface area contributed by atoms with Crippen molar-refractivity contribution in [1.82, 2.24) is 0 Å². The SMILES string of the molecule is Cc1cc(C(=O)C(C#N)c2ccc(Cl)cc2)ccc1F. The van der Waals surface area contributed by atoms with Gasteiger partial charge in [0.25, 0.3) is 0 Å². The molecule has 20 heavy (non-hydrogen) atoms. The van der Waals surface area contributed by atoms with Crippen molar-refractivity contribution in [3.63, 3.8) is 0 Å². The van der Waals surface area contributed by atoms with Crippen LogP contribution in [0.4, 0.5) is 4.39 Å². The van der Waals surface area contributed by atoms with E-state index in [0.717, 1.165) is 0 Å². The highest BCUT2D eigenvalue weighted by atomic mass is 35.5. The first-order valence-corrected chi connectivity index (χ1v) is 6.36. The molecule has 0 heterocycles. The van der Waals surface area contributed by atoms with Crippen LogP contribution in [0.3, 0.4) is 0 Å². The van der Waals surface area contributed by atoms with Crippen molar-refractivity contribution in [1.29, 1.82) is 5.26 Å². The van der Waals surface area contributed by atoms with Gasteiger partial charge in [-0.2, -0.15) is 5.26 Å². The van der Waals surface area contributed by atoms with Gasteiger partial charge in [0.2, 0.25) is 0 Å². The number of ketones is 1. The molecule has 2 aromatic carbocycles. The molecular formula is C16H11ClFNO. The molecule has 0 fully saturated rings. The van der Waals surface area contributed by atoms with Gasteiger partial charge in [-0.25, -0.2) is 4.39 Å². The van der Waals surface area contributed by atoms with E-state index in [1.807, 2.05) is 6.07 Å². The minimum Gasteiger partial charge on any atom is -0.292 e. The highest BCUT2D eigenvalue weighted by molar-refractivity contribution is 6.30. The molecule has 0 aromatic heterocycles. The van der Waals surface area contributed by atoms with Crippen molar-refractivity contribution in [3.8, 4) is 6.07 Å². The summed E-state index contributed by atoms with van der Waals surface area (Å²) in [6.45, 7) is 1.58. The van der Waals surface area contributed by atoms with E-state index in [9.17, 15) is 14.4 Å². The summed E-state index contributed by atoms with van der Waals surface area (Å²) in [4.78, 5) is 12.3. The molecule has 0 saturated heterocycles. The molecule has 0 aliphatic heterocycles. The van der Waals surface area contributed by atoms with E-state index < -0.39 is 5.92 Å². The highest BCUT2D eigenvalue weighted by Crippen LogP contribution is 2.23. The number of carbonyl (C=O) groups is 1. The van der Waals surface area contributed by atoms with Crippen molar-refractivity contribution in [2.24, 2.45) is 0 Å². The normalized spacial score (nSPS) is 11.7. The Kier molecular flexibility index (Phi) is 4.16. The lowest BCUT2D eigenvalue weighted by atomic mass is 9.91. The number of nitrogens with zero attached hydrogens (tertiary/aromatic N) is 1. The fourth-order valence-corrected chi connectivity index (χ4v) is 2.03. The summed E-state index contributed by atoms with van der Waals surface area (Å²) in [6.07, 6.45) is 0. The second kappa shape index (κ2) is 5.85. The minimum atomic E-state index is -0.919. The Labute approximate surface area is 121 Å². The molecular weight excluding hydrogens is 277 g/mol. The smallest absolute Gasteiger partial charge is 0.184 e. The van der Waals surface area contributed by atoms with Crippen molar-refractivity contribution in [2.75, 3.05) is 0 Å². The molecule has 4 heteroatoms. The van der Waals surface area contributed by atoms with E-state index in [1.165, 1.54) is 18.2 Å². The third-order valence-corrected chi connectivity index (χ3v) is 3.29. The molecule has 0 saturated carbocycles. The summed E-state index contributed by atoms with van der Waals surface area (Å²) < 4.78 is 13.2. The van der Waals surface area contributed by atoms with Gasteiger partial charge in [0.05, 0.1) is 6.07 Å².